The van der Waals surface area contributed by atoms with Crippen LogP contribution in [-0.4, -0.2) is 13.1 Å². The van der Waals surface area contributed by atoms with Gasteiger partial charge in [0.05, 0.1) is 7.11 Å². The second-order valence-corrected chi connectivity index (χ2v) is 4.76. The van der Waals surface area contributed by atoms with Crippen LogP contribution in [0.5, 0.6) is 5.75 Å². The summed E-state index contributed by atoms with van der Waals surface area (Å²) >= 11 is 1.40. The molecule has 0 aliphatic carbocycles. The summed E-state index contributed by atoms with van der Waals surface area (Å²) in [5.74, 6) is 0.252. The minimum absolute atomic E-state index is 0.160. The normalized spacial score (nSPS) is 10.9. The quantitative estimate of drug-likeness (QED) is 0.362. The molecular weight excluding hydrogens is 272 g/mol. The van der Waals surface area contributed by atoms with Gasteiger partial charge in [-0.15, -0.1) is 0 Å². The number of carbonyl (C=O) groups is 1. The fourth-order valence-corrected chi connectivity index (χ4v) is 2.15. The van der Waals surface area contributed by atoms with E-state index in [-0.39, 0.29) is 5.76 Å². The number of hydrogen-bond donors (Lipinski definition) is 0. The molecule has 0 fully saturated rings. The van der Waals surface area contributed by atoms with Crippen molar-refractivity contribution in [2.24, 2.45) is 0 Å². The molecule has 2 rings (SSSR count). The van der Waals surface area contributed by atoms with Crippen molar-refractivity contribution in [2.45, 2.75) is 4.90 Å². The molecule has 0 amide bonds. The summed E-state index contributed by atoms with van der Waals surface area (Å²) < 4.78 is 10.3. The number of ether oxygens (including phenoxy) is 2. The highest BCUT2D eigenvalue weighted by atomic mass is 32.2. The Morgan fingerprint density at radius 3 is 2.20 bits per heavy atom. The molecule has 0 radical (unpaired) electrons. The first-order chi connectivity index (χ1) is 9.79. The zero-order valence-corrected chi connectivity index (χ0v) is 11.8. The molecular formula is C16H14O3S. The van der Waals surface area contributed by atoms with Gasteiger partial charge in [0.2, 0.25) is 5.76 Å². The number of methoxy groups -OCH3 is 1. The van der Waals surface area contributed by atoms with E-state index in [4.69, 9.17) is 9.47 Å². The summed E-state index contributed by atoms with van der Waals surface area (Å²) in [5, 5.41) is 1.65. The van der Waals surface area contributed by atoms with E-state index in [1.165, 1.54) is 18.9 Å². The average Bonchev–Trinajstić information content (AvgIpc) is 2.52. The summed E-state index contributed by atoms with van der Waals surface area (Å²) in [5.41, 5.74) is 0. The molecule has 20 heavy (non-hydrogen) atoms. The second-order valence-electron chi connectivity index (χ2n) is 3.82. The van der Waals surface area contributed by atoms with Gasteiger partial charge in [-0.1, -0.05) is 48.2 Å². The predicted molar refractivity (Wildman–Crippen MR) is 79.5 cm³/mol. The fourth-order valence-electron chi connectivity index (χ4n) is 1.45. The van der Waals surface area contributed by atoms with Crippen molar-refractivity contribution in [2.75, 3.05) is 7.11 Å². The van der Waals surface area contributed by atoms with E-state index in [0.717, 1.165) is 4.90 Å². The first kappa shape index (κ1) is 14.2. The highest BCUT2D eigenvalue weighted by Crippen LogP contribution is 2.22. The molecule has 3 nitrogen and oxygen atoms in total. The van der Waals surface area contributed by atoms with Gasteiger partial charge in [0.1, 0.15) is 5.75 Å². The van der Waals surface area contributed by atoms with Crippen molar-refractivity contribution < 1.29 is 14.3 Å². The third-order valence-electron chi connectivity index (χ3n) is 2.40. The van der Waals surface area contributed by atoms with Crippen LogP contribution in [0.25, 0.3) is 0 Å². The summed E-state index contributed by atoms with van der Waals surface area (Å²) in [4.78, 5) is 12.7. The molecule has 2 aromatic carbocycles. The maximum absolute atomic E-state index is 11.7. The van der Waals surface area contributed by atoms with Gasteiger partial charge in [-0.25, -0.2) is 4.79 Å². The highest BCUT2D eigenvalue weighted by Gasteiger charge is 2.12. The maximum atomic E-state index is 11.7. The van der Waals surface area contributed by atoms with Crippen LogP contribution in [0.3, 0.4) is 0 Å². The van der Waals surface area contributed by atoms with Crippen LogP contribution in [0.4, 0.5) is 0 Å². The Labute approximate surface area is 122 Å². The number of benzene rings is 2. The van der Waals surface area contributed by atoms with Crippen molar-refractivity contribution in [1.29, 1.82) is 0 Å². The third-order valence-corrected chi connectivity index (χ3v) is 3.28. The van der Waals surface area contributed by atoms with Crippen LogP contribution in [0.2, 0.25) is 0 Å². The standard InChI is InChI=1S/C16H14O3S/c1-18-16(17)15(19-13-8-4-2-5-9-13)12-20-14-10-6-3-7-11-14/h2-12H,1H3. The Morgan fingerprint density at radius 2 is 1.60 bits per heavy atom. The molecule has 0 saturated carbocycles. The number of para-hydroxylation sites is 1. The number of thioether (sulfide) groups is 1. The van der Waals surface area contributed by atoms with Gasteiger partial charge in [-0.3, -0.25) is 0 Å². The lowest BCUT2D eigenvalue weighted by atomic mass is 10.3. The second kappa shape index (κ2) is 7.40. The Balaban J connectivity index is 2.13. The number of rotatable bonds is 5. The molecule has 0 unspecified atom stereocenters. The van der Waals surface area contributed by atoms with Crippen molar-refractivity contribution in [3.63, 3.8) is 0 Å². The lowest BCUT2D eigenvalue weighted by molar-refractivity contribution is -0.138. The fraction of sp³-hybridized carbons (Fsp3) is 0.0625. The maximum Gasteiger partial charge on any atom is 0.374 e. The number of hydrogen-bond acceptors (Lipinski definition) is 4. The molecule has 0 heterocycles. The van der Waals surface area contributed by atoms with Crippen LogP contribution in [0.1, 0.15) is 0 Å². The highest BCUT2D eigenvalue weighted by molar-refractivity contribution is 8.02. The topological polar surface area (TPSA) is 35.5 Å². The predicted octanol–water partition coefficient (Wildman–Crippen LogP) is 3.87. The van der Waals surface area contributed by atoms with E-state index in [1.54, 1.807) is 17.5 Å². The van der Waals surface area contributed by atoms with Crippen LogP contribution in [0, 0.1) is 0 Å². The van der Waals surface area contributed by atoms with E-state index in [2.05, 4.69) is 0 Å². The SMILES string of the molecule is COC(=O)C(=CSc1ccccc1)Oc1ccccc1. The average molecular weight is 286 g/mol. The molecule has 0 aliphatic heterocycles. The minimum Gasteiger partial charge on any atom is -0.463 e. The van der Waals surface area contributed by atoms with Gasteiger partial charge in [0.25, 0.3) is 0 Å². The van der Waals surface area contributed by atoms with E-state index in [1.807, 2.05) is 48.5 Å². The van der Waals surface area contributed by atoms with Crippen LogP contribution in [-0.2, 0) is 9.53 Å². The van der Waals surface area contributed by atoms with Crippen molar-refractivity contribution >= 4 is 17.7 Å². The largest absolute Gasteiger partial charge is 0.463 e. The van der Waals surface area contributed by atoms with E-state index >= 15 is 0 Å². The van der Waals surface area contributed by atoms with Gasteiger partial charge in [0, 0.05) is 10.3 Å². The molecule has 0 spiro atoms. The van der Waals surface area contributed by atoms with Gasteiger partial charge < -0.3 is 9.47 Å². The Kier molecular flexibility index (Phi) is 5.26. The van der Waals surface area contributed by atoms with Crippen LogP contribution >= 0.6 is 11.8 Å². The van der Waals surface area contributed by atoms with Gasteiger partial charge in [-0.05, 0) is 24.3 Å². The lowest BCUT2D eigenvalue weighted by Crippen LogP contribution is -2.10. The summed E-state index contributed by atoms with van der Waals surface area (Å²) in [6.07, 6.45) is 0. The van der Waals surface area contributed by atoms with Crippen LogP contribution < -0.4 is 4.74 Å². The van der Waals surface area contributed by atoms with Gasteiger partial charge in [0.15, 0.2) is 0 Å². The third kappa shape index (κ3) is 4.17. The molecule has 0 bridgehead atoms. The van der Waals surface area contributed by atoms with Crippen molar-refractivity contribution in [3.05, 3.63) is 71.8 Å². The molecule has 4 heteroatoms. The minimum atomic E-state index is -0.503. The van der Waals surface area contributed by atoms with Crippen LogP contribution in [0.15, 0.2) is 76.7 Å². The van der Waals surface area contributed by atoms with Gasteiger partial charge in [-0.2, -0.15) is 0 Å². The summed E-state index contributed by atoms with van der Waals surface area (Å²) in [6, 6.07) is 18.9. The first-order valence-electron chi connectivity index (χ1n) is 6.02. The first-order valence-corrected chi connectivity index (χ1v) is 6.90. The zero-order chi connectivity index (χ0) is 14.2. The number of esters is 1. The van der Waals surface area contributed by atoms with E-state index in [0.29, 0.717) is 5.75 Å². The van der Waals surface area contributed by atoms with Gasteiger partial charge >= 0.3 is 5.97 Å². The number of carbonyl (C=O) groups excluding carboxylic acids is 1. The molecule has 102 valence electrons. The monoisotopic (exact) mass is 286 g/mol. The Bertz CT molecular complexity index is 579. The van der Waals surface area contributed by atoms with E-state index in [9.17, 15) is 4.79 Å². The van der Waals surface area contributed by atoms with E-state index < -0.39 is 5.97 Å². The zero-order valence-electron chi connectivity index (χ0n) is 11.0. The summed E-state index contributed by atoms with van der Waals surface area (Å²) in [6.45, 7) is 0. The Morgan fingerprint density at radius 1 is 1.00 bits per heavy atom. The Hall–Kier alpha value is -2.20. The molecule has 0 atom stereocenters. The molecule has 0 aromatic heterocycles. The molecule has 0 aliphatic rings. The van der Waals surface area contributed by atoms with Crippen molar-refractivity contribution in [3.8, 4) is 5.75 Å². The summed E-state index contributed by atoms with van der Waals surface area (Å²) in [7, 11) is 1.33. The molecule has 0 saturated heterocycles. The molecule has 0 N–H and O–H groups in total. The smallest absolute Gasteiger partial charge is 0.374 e. The molecule has 2 aromatic rings. The lowest BCUT2D eigenvalue weighted by Gasteiger charge is -2.07. The van der Waals surface area contributed by atoms with Crippen molar-refractivity contribution in [1.82, 2.24) is 0 Å².